The van der Waals surface area contributed by atoms with Crippen LogP contribution in [0.1, 0.15) is 29.6 Å². The molecule has 0 spiro atoms. The van der Waals surface area contributed by atoms with Gasteiger partial charge in [0.15, 0.2) is 0 Å². The predicted molar refractivity (Wildman–Crippen MR) is 77.0 cm³/mol. The number of halogens is 1. The molecular formula is C13H16ClNO2S. The van der Waals surface area contributed by atoms with Crippen LogP contribution in [0.5, 0.6) is 0 Å². The number of carboxylic acid groups (broad SMARTS) is 1. The molecule has 1 fully saturated rings. The Morgan fingerprint density at radius 2 is 2.28 bits per heavy atom. The number of carboxylic acids is 1. The zero-order valence-electron chi connectivity index (χ0n) is 10.2. The molecule has 0 heterocycles. The third-order valence-corrected chi connectivity index (χ3v) is 5.16. The van der Waals surface area contributed by atoms with Gasteiger partial charge in [-0.2, -0.15) is 11.8 Å². The Hall–Kier alpha value is -0.870. The fourth-order valence-electron chi connectivity index (χ4n) is 2.13. The number of hydrogen-bond acceptors (Lipinski definition) is 3. The van der Waals surface area contributed by atoms with Crippen LogP contribution in [0.15, 0.2) is 18.2 Å². The largest absolute Gasteiger partial charge is 0.478 e. The third kappa shape index (κ3) is 2.75. The first kappa shape index (κ1) is 13.6. The zero-order valence-corrected chi connectivity index (χ0v) is 11.8. The van der Waals surface area contributed by atoms with Crippen molar-refractivity contribution in [3.05, 3.63) is 28.8 Å². The number of carbonyl (C=O) groups is 1. The molecule has 0 bridgehead atoms. The van der Waals surface area contributed by atoms with Crippen LogP contribution in [-0.2, 0) is 0 Å². The van der Waals surface area contributed by atoms with Crippen LogP contribution >= 0.6 is 23.4 Å². The Balaban J connectivity index is 2.12. The lowest BCUT2D eigenvalue weighted by molar-refractivity contribution is 0.0698. The molecule has 98 valence electrons. The molecular weight excluding hydrogens is 270 g/mol. The van der Waals surface area contributed by atoms with Crippen molar-refractivity contribution in [3.8, 4) is 0 Å². The van der Waals surface area contributed by atoms with Crippen molar-refractivity contribution < 1.29 is 9.90 Å². The lowest BCUT2D eigenvalue weighted by atomic mass is 9.84. The summed E-state index contributed by atoms with van der Waals surface area (Å²) >= 11 is 7.77. The van der Waals surface area contributed by atoms with Crippen LogP contribution in [0.3, 0.4) is 0 Å². The van der Waals surface area contributed by atoms with E-state index in [2.05, 4.69) is 11.6 Å². The van der Waals surface area contributed by atoms with Crippen molar-refractivity contribution in [2.24, 2.45) is 0 Å². The number of benzene rings is 1. The van der Waals surface area contributed by atoms with Gasteiger partial charge in [0.25, 0.3) is 0 Å². The molecule has 1 aromatic rings. The van der Waals surface area contributed by atoms with Crippen LogP contribution in [0.2, 0.25) is 5.02 Å². The maximum absolute atomic E-state index is 11.1. The highest BCUT2D eigenvalue weighted by molar-refractivity contribution is 8.00. The van der Waals surface area contributed by atoms with Gasteiger partial charge in [-0.1, -0.05) is 18.0 Å². The van der Waals surface area contributed by atoms with Gasteiger partial charge in [-0.25, -0.2) is 4.79 Å². The highest BCUT2D eigenvalue weighted by Crippen LogP contribution is 2.42. The molecule has 0 radical (unpaired) electrons. The minimum absolute atomic E-state index is 0.262. The zero-order chi connectivity index (χ0) is 13.2. The maximum atomic E-state index is 11.1. The van der Waals surface area contributed by atoms with E-state index in [9.17, 15) is 4.79 Å². The summed E-state index contributed by atoms with van der Waals surface area (Å²) in [5.74, 6) is -0.930. The van der Waals surface area contributed by atoms with Crippen molar-refractivity contribution in [1.82, 2.24) is 0 Å². The van der Waals surface area contributed by atoms with E-state index in [-0.39, 0.29) is 10.3 Å². The Kier molecular flexibility index (Phi) is 4.07. The number of anilines is 1. The lowest BCUT2D eigenvalue weighted by Crippen LogP contribution is -2.40. The van der Waals surface area contributed by atoms with Gasteiger partial charge < -0.3 is 10.4 Å². The van der Waals surface area contributed by atoms with E-state index >= 15 is 0 Å². The topological polar surface area (TPSA) is 49.3 Å². The standard InChI is InChI=1S/C13H16ClNO2S/c1-18-13(5-2-6-13)8-15-11-7-9(14)3-4-10(11)12(16)17/h3-4,7,15H,2,5-6,8H2,1H3,(H,16,17). The van der Waals surface area contributed by atoms with Crippen LogP contribution in [0.4, 0.5) is 5.69 Å². The second-order valence-corrected chi connectivity index (χ2v) is 6.30. The lowest BCUT2D eigenvalue weighted by Gasteiger charge is -2.40. The van der Waals surface area contributed by atoms with Crippen molar-refractivity contribution in [2.75, 3.05) is 18.1 Å². The summed E-state index contributed by atoms with van der Waals surface area (Å²) < 4.78 is 0.262. The summed E-state index contributed by atoms with van der Waals surface area (Å²) in [4.78, 5) is 11.1. The Labute approximate surface area is 116 Å². The van der Waals surface area contributed by atoms with Crippen LogP contribution < -0.4 is 5.32 Å². The SMILES string of the molecule is CSC1(CNc2cc(Cl)ccc2C(=O)O)CCC1. The van der Waals surface area contributed by atoms with E-state index in [1.165, 1.54) is 19.3 Å². The minimum atomic E-state index is -0.930. The molecule has 0 unspecified atom stereocenters. The second kappa shape index (κ2) is 5.41. The van der Waals surface area contributed by atoms with E-state index < -0.39 is 5.97 Å². The highest BCUT2D eigenvalue weighted by Gasteiger charge is 2.36. The molecule has 0 aliphatic heterocycles. The maximum Gasteiger partial charge on any atom is 0.337 e. The third-order valence-electron chi connectivity index (χ3n) is 3.51. The molecule has 1 saturated carbocycles. The molecule has 0 saturated heterocycles. The average molecular weight is 286 g/mol. The number of rotatable bonds is 5. The number of thioether (sulfide) groups is 1. The fraction of sp³-hybridized carbons (Fsp3) is 0.462. The monoisotopic (exact) mass is 285 g/mol. The molecule has 18 heavy (non-hydrogen) atoms. The van der Waals surface area contributed by atoms with Crippen molar-refractivity contribution in [3.63, 3.8) is 0 Å². The number of nitrogens with one attached hydrogen (secondary N) is 1. The van der Waals surface area contributed by atoms with E-state index in [1.54, 1.807) is 18.2 Å². The predicted octanol–water partition coefficient (Wildman–Crippen LogP) is 3.74. The van der Waals surface area contributed by atoms with E-state index in [1.807, 2.05) is 11.8 Å². The molecule has 2 rings (SSSR count). The van der Waals surface area contributed by atoms with Crippen LogP contribution in [0, 0.1) is 0 Å². The molecule has 0 atom stereocenters. The molecule has 1 aliphatic rings. The summed E-state index contributed by atoms with van der Waals surface area (Å²) in [6.07, 6.45) is 5.73. The summed E-state index contributed by atoms with van der Waals surface area (Å²) in [7, 11) is 0. The first-order chi connectivity index (χ1) is 8.56. The first-order valence-electron chi connectivity index (χ1n) is 5.88. The molecule has 1 aromatic carbocycles. The van der Waals surface area contributed by atoms with Crippen molar-refractivity contribution >= 4 is 35.0 Å². The average Bonchev–Trinajstić information content (AvgIpc) is 2.28. The van der Waals surface area contributed by atoms with Gasteiger partial charge in [0.05, 0.1) is 11.3 Å². The van der Waals surface area contributed by atoms with E-state index in [4.69, 9.17) is 16.7 Å². The molecule has 0 amide bonds. The van der Waals surface area contributed by atoms with E-state index in [0.717, 1.165) is 6.54 Å². The normalized spacial score (nSPS) is 17.0. The van der Waals surface area contributed by atoms with Crippen LogP contribution in [-0.4, -0.2) is 28.6 Å². The summed E-state index contributed by atoms with van der Waals surface area (Å²) in [6.45, 7) is 0.786. The van der Waals surface area contributed by atoms with Gasteiger partial charge in [-0.3, -0.25) is 0 Å². The van der Waals surface area contributed by atoms with Gasteiger partial charge in [0, 0.05) is 16.3 Å². The van der Waals surface area contributed by atoms with Crippen molar-refractivity contribution in [2.45, 2.75) is 24.0 Å². The second-order valence-electron chi connectivity index (χ2n) is 4.59. The highest BCUT2D eigenvalue weighted by atomic mass is 35.5. The quantitative estimate of drug-likeness (QED) is 0.865. The minimum Gasteiger partial charge on any atom is -0.478 e. The molecule has 3 nitrogen and oxygen atoms in total. The molecule has 0 aromatic heterocycles. The van der Waals surface area contributed by atoms with Gasteiger partial charge >= 0.3 is 5.97 Å². The van der Waals surface area contributed by atoms with E-state index in [0.29, 0.717) is 10.7 Å². The first-order valence-corrected chi connectivity index (χ1v) is 7.48. The van der Waals surface area contributed by atoms with Crippen molar-refractivity contribution in [1.29, 1.82) is 0 Å². The number of aromatic carboxylic acids is 1. The summed E-state index contributed by atoms with van der Waals surface area (Å²) in [5.41, 5.74) is 0.880. The number of hydrogen-bond donors (Lipinski definition) is 2. The van der Waals surface area contributed by atoms with Gasteiger partial charge in [0.1, 0.15) is 0 Å². The fourth-order valence-corrected chi connectivity index (χ4v) is 3.22. The van der Waals surface area contributed by atoms with Gasteiger partial charge in [-0.05, 0) is 37.3 Å². The van der Waals surface area contributed by atoms with Crippen LogP contribution in [0.25, 0.3) is 0 Å². The summed E-state index contributed by atoms with van der Waals surface area (Å²) in [5, 5.41) is 12.9. The van der Waals surface area contributed by atoms with Gasteiger partial charge in [-0.15, -0.1) is 0 Å². The molecule has 5 heteroatoms. The Morgan fingerprint density at radius 1 is 1.56 bits per heavy atom. The summed E-state index contributed by atoms with van der Waals surface area (Å²) in [6, 6.07) is 4.82. The Bertz CT molecular complexity index is 455. The molecule has 2 N–H and O–H groups in total. The van der Waals surface area contributed by atoms with Gasteiger partial charge in [0.2, 0.25) is 0 Å². The molecule has 1 aliphatic carbocycles. The Morgan fingerprint density at radius 3 is 2.78 bits per heavy atom. The smallest absolute Gasteiger partial charge is 0.337 e.